The third-order valence-electron chi connectivity index (χ3n) is 3.76. The summed E-state index contributed by atoms with van der Waals surface area (Å²) in [6.07, 6.45) is -1.65. The van der Waals surface area contributed by atoms with E-state index in [0.717, 1.165) is 4.57 Å². The second-order valence-corrected chi connectivity index (χ2v) is 6.50. The molecule has 1 aromatic heterocycles. The van der Waals surface area contributed by atoms with E-state index in [4.69, 9.17) is 14.2 Å². The summed E-state index contributed by atoms with van der Waals surface area (Å²) >= 11 is 3.27. The summed E-state index contributed by atoms with van der Waals surface area (Å²) in [7, 11) is 0. The summed E-state index contributed by atoms with van der Waals surface area (Å²) in [5, 5.41) is 0. The van der Waals surface area contributed by atoms with Crippen molar-refractivity contribution in [3.05, 3.63) is 32.9 Å². The number of ether oxygens (including phenoxy) is 3. The first-order valence-corrected chi connectivity index (χ1v) is 8.84. The molecule has 1 saturated heterocycles. The highest BCUT2D eigenvalue weighted by molar-refractivity contribution is 9.09. The Bertz CT molecular complexity index is 793. The summed E-state index contributed by atoms with van der Waals surface area (Å²) in [4.78, 5) is 48.3. The number of aromatic nitrogens is 2. The van der Waals surface area contributed by atoms with Gasteiger partial charge >= 0.3 is 17.6 Å². The van der Waals surface area contributed by atoms with Crippen LogP contribution in [0.4, 0.5) is 4.39 Å². The normalized spacial score (nSPS) is 25.1. The zero-order valence-corrected chi connectivity index (χ0v) is 15.7. The molecule has 26 heavy (non-hydrogen) atoms. The predicted octanol–water partition coefficient (Wildman–Crippen LogP) is 0.469. The van der Waals surface area contributed by atoms with Crippen LogP contribution in [0.15, 0.2) is 15.8 Å². The molecule has 4 atom stereocenters. The van der Waals surface area contributed by atoms with Gasteiger partial charge in [-0.05, 0) is 13.8 Å². The lowest BCUT2D eigenvalue weighted by Gasteiger charge is -2.18. The van der Waals surface area contributed by atoms with Gasteiger partial charge in [0.05, 0.1) is 36.8 Å². The topological polar surface area (TPSA) is 117 Å². The van der Waals surface area contributed by atoms with Crippen molar-refractivity contribution in [2.45, 2.75) is 37.4 Å². The van der Waals surface area contributed by atoms with Crippen molar-refractivity contribution in [2.24, 2.45) is 5.92 Å². The van der Waals surface area contributed by atoms with Gasteiger partial charge in [0.1, 0.15) is 5.92 Å². The van der Waals surface area contributed by atoms with Gasteiger partial charge in [0.2, 0.25) is 5.82 Å². The van der Waals surface area contributed by atoms with Crippen LogP contribution in [-0.2, 0) is 23.8 Å². The number of alkyl halides is 1. The molecule has 1 aliphatic heterocycles. The second kappa shape index (κ2) is 8.58. The van der Waals surface area contributed by atoms with Crippen LogP contribution in [0.3, 0.4) is 0 Å². The van der Waals surface area contributed by atoms with Crippen LogP contribution in [0, 0.1) is 11.7 Å². The zero-order valence-electron chi connectivity index (χ0n) is 14.1. The van der Waals surface area contributed by atoms with Gasteiger partial charge in [-0.2, -0.15) is 4.39 Å². The van der Waals surface area contributed by atoms with E-state index in [2.05, 4.69) is 15.9 Å². The SMILES string of the molecule is CCOC(=O)C[C@H]1O[C@@H](n2cc(F)c(=O)[nH]c2=O)[C@@H](Br)[C@H]1C(=O)OCC. The molecule has 1 N–H and O–H groups in total. The van der Waals surface area contributed by atoms with Gasteiger partial charge in [0.25, 0.3) is 5.56 Å². The molecule has 144 valence electrons. The molecule has 11 heteroatoms. The third-order valence-corrected chi connectivity index (χ3v) is 4.78. The molecule has 9 nitrogen and oxygen atoms in total. The van der Waals surface area contributed by atoms with Gasteiger partial charge < -0.3 is 14.2 Å². The number of aromatic amines is 1. The molecular weight excluding hydrogens is 419 g/mol. The summed E-state index contributed by atoms with van der Waals surface area (Å²) in [5.74, 6) is -3.35. The number of hydrogen-bond donors (Lipinski definition) is 1. The van der Waals surface area contributed by atoms with Crippen LogP contribution in [0.5, 0.6) is 0 Å². The number of esters is 2. The Hall–Kier alpha value is -2.01. The van der Waals surface area contributed by atoms with Crippen molar-refractivity contribution >= 4 is 27.9 Å². The fourth-order valence-corrected chi connectivity index (χ4v) is 3.61. The maximum Gasteiger partial charge on any atom is 0.330 e. The number of rotatable bonds is 6. The molecule has 0 saturated carbocycles. The van der Waals surface area contributed by atoms with Crippen LogP contribution in [0.25, 0.3) is 0 Å². The Labute approximate surface area is 155 Å². The average molecular weight is 437 g/mol. The summed E-state index contributed by atoms with van der Waals surface area (Å²) in [6, 6.07) is 0. The van der Waals surface area contributed by atoms with Crippen LogP contribution < -0.4 is 11.2 Å². The first kappa shape index (κ1) is 20.3. The summed E-state index contributed by atoms with van der Waals surface area (Å²) in [5.41, 5.74) is -2.08. The standard InChI is InChI=1S/C15H18BrFN2O7/c1-3-24-9(20)5-8-10(14(22)25-4-2)11(16)13(26-8)19-6-7(17)12(21)18-15(19)23/h6,8,10-11,13H,3-5H2,1-2H3,(H,18,21,23)/t8-,10+,11+,13-/m1/s1. The molecule has 2 heterocycles. The monoisotopic (exact) mass is 436 g/mol. The average Bonchev–Trinajstić information content (AvgIpc) is 2.87. The fraction of sp³-hybridized carbons (Fsp3) is 0.600. The molecule has 1 fully saturated rings. The van der Waals surface area contributed by atoms with E-state index < -0.39 is 52.1 Å². The summed E-state index contributed by atoms with van der Waals surface area (Å²) in [6.45, 7) is 3.52. The van der Waals surface area contributed by atoms with E-state index in [1.54, 1.807) is 13.8 Å². The molecule has 0 amide bonds. The smallest absolute Gasteiger partial charge is 0.330 e. The Morgan fingerprint density at radius 1 is 1.31 bits per heavy atom. The van der Waals surface area contributed by atoms with E-state index in [1.165, 1.54) is 0 Å². The Kier molecular flexibility index (Phi) is 6.70. The molecule has 0 radical (unpaired) electrons. The number of H-pyrrole nitrogens is 1. The molecule has 2 rings (SSSR count). The maximum absolute atomic E-state index is 13.6. The number of hydrogen-bond acceptors (Lipinski definition) is 7. The van der Waals surface area contributed by atoms with Gasteiger partial charge in [0.15, 0.2) is 6.23 Å². The van der Waals surface area contributed by atoms with E-state index in [-0.39, 0.29) is 19.6 Å². The highest BCUT2D eigenvalue weighted by atomic mass is 79.9. The number of nitrogens with one attached hydrogen (secondary N) is 1. The van der Waals surface area contributed by atoms with Crippen molar-refractivity contribution in [2.75, 3.05) is 13.2 Å². The molecule has 1 aromatic rings. The van der Waals surface area contributed by atoms with Gasteiger partial charge in [-0.1, -0.05) is 15.9 Å². The highest BCUT2D eigenvalue weighted by Crippen LogP contribution is 2.40. The molecule has 0 aromatic carbocycles. The minimum Gasteiger partial charge on any atom is -0.466 e. The third kappa shape index (κ3) is 4.21. The van der Waals surface area contributed by atoms with Crippen LogP contribution in [0.2, 0.25) is 0 Å². The Morgan fingerprint density at radius 2 is 1.96 bits per heavy atom. The van der Waals surface area contributed by atoms with Crippen molar-refractivity contribution in [1.82, 2.24) is 9.55 Å². The molecule has 0 bridgehead atoms. The molecule has 0 spiro atoms. The van der Waals surface area contributed by atoms with Crippen molar-refractivity contribution < 1.29 is 28.2 Å². The lowest BCUT2D eigenvalue weighted by molar-refractivity contribution is -0.153. The number of carbonyl (C=O) groups excluding carboxylic acids is 2. The van der Waals surface area contributed by atoms with Crippen molar-refractivity contribution in [3.63, 3.8) is 0 Å². The van der Waals surface area contributed by atoms with E-state index in [1.807, 2.05) is 4.98 Å². The Morgan fingerprint density at radius 3 is 2.58 bits per heavy atom. The lowest BCUT2D eigenvalue weighted by Crippen LogP contribution is -2.37. The first-order chi connectivity index (χ1) is 12.3. The first-order valence-electron chi connectivity index (χ1n) is 7.92. The van der Waals surface area contributed by atoms with Crippen LogP contribution >= 0.6 is 15.9 Å². The quantitative estimate of drug-likeness (QED) is 0.508. The van der Waals surface area contributed by atoms with Crippen molar-refractivity contribution in [3.8, 4) is 0 Å². The molecular formula is C15H18BrFN2O7. The number of carbonyl (C=O) groups is 2. The lowest BCUT2D eigenvalue weighted by atomic mass is 9.98. The predicted molar refractivity (Wildman–Crippen MR) is 89.3 cm³/mol. The van der Waals surface area contributed by atoms with E-state index in [0.29, 0.717) is 6.20 Å². The van der Waals surface area contributed by atoms with Crippen LogP contribution in [0.1, 0.15) is 26.5 Å². The highest BCUT2D eigenvalue weighted by Gasteiger charge is 2.50. The summed E-state index contributed by atoms with van der Waals surface area (Å²) < 4.78 is 29.9. The molecule has 0 aliphatic carbocycles. The second-order valence-electron chi connectivity index (χ2n) is 5.44. The van der Waals surface area contributed by atoms with Crippen molar-refractivity contribution in [1.29, 1.82) is 0 Å². The van der Waals surface area contributed by atoms with Gasteiger partial charge in [0, 0.05) is 0 Å². The molecule has 1 aliphatic rings. The van der Waals surface area contributed by atoms with Gasteiger partial charge in [-0.25, -0.2) is 4.79 Å². The number of halogens is 2. The maximum atomic E-state index is 13.6. The fourth-order valence-electron chi connectivity index (χ4n) is 2.67. The minimum atomic E-state index is -1.19. The van der Waals surface area contributed by atoms with E-state index in [9.17, 15) is 23.6 Å². The van der Waals surface area contributed by atoms with Crippen LogP contribution in [-0.4, -0.2) is 45.6 Å². The minimum absolute atomic E-state index is 0.110. The number of nitrogens with zero attached hydrogens (tertiary/aromatic N) is 1. The Balaban J connectivity index is 2.36. The zero-order chi connectivity index (χ0) is 19.4. The van der Waals surface area contributed by atoms with Gasteiger partial charge in [-0.15, -0.1) is 0 Å². The molecule has 0 unspecified atom stereocenters. The largest absolute Gasteiger partial charge is 0.466 e. The van der Waals surface area contributed by atoms with E-state index >= 15 is 0 Å². The van der Waals surface area contributed by atoms with Gasteiger partial charge in [-0.3, -0.25) is 23.9 Å².